The minimum Gasteiger partial charge on any atom is -0.497 e. The third-order valence-electron chi connectivity index (χ3n) is 4.74. The zero-order valence-corrected chi connectivity index (χ0v) is 16.6. The van der Waals surface area contributed by atoms with E-state index in [2.05, 4.69) is 42.5 Å². The van der Waals surface area contributed by atoms with Crippen LogP contribution in [0.25, 0.3) is 12.2 Å². The van der Waals surface area contributed by atoms with E-state index in [0.29, 0.717) is 0 Å². The molecule has 0 amide bonds. The van der Waals surface area contributed by atoms with Gasteiger partial charge in [-0.1, -0.05) is 54.6 Å². The van der Waals surface area contributed by atoms with Crippen molar-refractivity contribution in [3.63, 3.8) is 0 Å². The lowest BCUT2D eigenvalue weighted by Crippen LogP contribution is -1.98. The van der Waals surface area contributed by atoms with Crippen LogP contribution in [0.1, 0.15) is 22.3 Å². The first-order chi connectivity index (χ1) is 13.7. The van der Waals surface area contributed by atoms with E-state index in [9.17, 15) is 0 Å². The van der Waals surface area contributed by atoms with Crippen LogP contribution in [0.15, 0.2) is 66.7 Å². The summed E-state index contributed by atoms with van der Waals surface area (Å²) in [5.41, 5.74) is 4.79. The van der Waals surface area contributed by atoms with Gasteiger partial charge in [-0.15, -0.1) is 0 Å². The predicted molar refractivity (Wildman–Crippen MR) is 115 cm³/mol. The Morgan fingerprint density at radius 3 is 2.00 bits per heavy atom. The van der Waals surface area contributed by atoms with E-state index in [1.807, 2.05) is 36.4 Å². The molecule has 0 N–H and O–H groups in total. The van der Waals surface area contributed by atoms with Crippen LogP contribution in [0.3, 0.4) is 0 Å². The smallest absolute Gasteiger partial charge is 0.161 e. The maximum Gasteiger partial charge on any atom is 0.161 e. The van der Waals surface area contributed by atoms with Crippen LogP contribution in [-0.4, -0.2) is 21.3 Å². The molecule has 3 rings (SSSR count). The van der Waals surface area contributed by atoms with Crippen molar-refractivity contribution < 1.29 is 14.2 Å². The molecule has 0 bridgehead atoms. The molecular formula is C25H26O3. The molecule has 0 saturated carbocycles. The van der Waals surface area contributed by atoms with Gasteiger partial charge in [0.1, 0.15) is 5.75 Å². The van der Waals surface area contributed by atoms with Crippen LogP contribution in [0, 0.1) is 0 Å². The summed E-state index contributed by atoms with van der Waals surface area (Å²) < 4.78 is 16.3. The molecule has 3 heteroatoms. The monoisotopic (exact) mass is 374 g/mol. The Morgan fingerprint density at radius 1 is 0.679 bits per heavy atom. The standard InChI is InChI=1S/C25H26O3/c1-26-23-15-11-20(12-16-23)10-14-22-18-25(28-3)24(27-2)17-21(22)13-9-19-7-5-4-6-8-19/h4-9,11-13,15-18H,10,14H2,1-3H3. The molecule has 0 aliphatic rings. The highest BCUT2D eigenvalue weighted by Gasteiger charge is 2.10. The number of methoxy groups -OCH3 is 3. The molecule has 0 aliphatic heterocycles. The first-order valence-corrected chi connectivity index (χ1v) is 9.34. The van der Waals surface area contributed by atoms with Gasteiger partial charge in [-0.2, -0.15) is 0 Å². The maximum absolute atomic E-state index is 5.51. The van der Waals surface area contributed by atoms with Crippen LogP contribution in [0.5, 0.6) is 17.2 Å². The Hall–Kier alpha value is -3.20. The molecule has 0 aromatic heterocycles. The summed E-state index contributed by atoms with van der Waals surface area (Å²) in [6, 6.07) is 22.6. The molecule has 0 unspecified atom stereocenters. The second-order valence-corrected chi connectivity index (χ2v) is 6.50. The van der Waals surface area contributed by atoms with Crippen molar-refractivity contribution in [1.29, 1.82) is 0 Å². The number of hydrogen-bond donors (Lipinski definition) is 0. The summed E-state index contributed by atoms with van der Waals surface area (Å²) in [5, 5.41) is 0. The molecule has 0 spiro atoms. The van der Waals surface area contributed by atoms with Crippen LogP contribution in [0.4, 0.5) is 0 Å². The Morgan fingerprint density at radius 2 is 1.36 bits per heavy atom. The van der Waals surface area contributed by atoms with Crippen molar-refractivity contribution in [1.82, 2.24) is 0 Å². The quantitative estimate of drug-likeness (QED) is 0.476. The van der Waals surface area contributed by atoms with E-state index in [1.165, 1.54) is 16.7 Å². The minimum absolute atomic E-state index is 0.739. The lowest BCUT2D eigenvalue weighted by atomic mass is 9.98. The van der Waals surface area contributed by atoms with Crippen molar-refractivity contribution >= 4 is 12.2 Å². The van der Waals surface area contributed by atoms with Crippen LogP contribution in [-0.2, 0) is 12.8 Å². The summed E-state index contributed by atoms with van der Waals surface area (Å²) in [6.07, 6.45) is 6.10. The average Bonchev–Trinajstić information content (AvgIpc) is 2.77. The summed E-state index contributed by atoms with van der Waals surface area (Å²) in [7, 11) is 5.02. The van der Waals surface area contributed by atoms with Gasteiger partial charge in [0.15, 0.2) is 11.5 Å². The van der Waals surface area contributed by atoms with Gasteiger partial charge in [-0.25, -0.2) is 0 Å². The van der Waals surface area contributed by atoms with Gasteiger partial charge in [0.05, 0.1) is 21.3 Å². The second-order valence-electron chi connectivity index (χ2n) is 6.50. The minimum atomic E-state index is 0.739. The predicted octanol–water partition coefficient (Wildman–Crippen LogP) is 5.67. The maximum atomic E-state index is 5.51. The van der Waals surface area contributed by atoms with Gasteiger partial charge in [0.2, 0.25) is 0 Å². The normalized spacial score (nSPS) is 10.8. The number of hydrogen-bond acceptors (Lipinski definition) is 3. The fraction of sp³-hybridized carbons (Fsp3) is 0.200. The van der Waals surface area contributed by atoms with Gasteiger partial charge in [-0.05, 0) is 59.4 Å². The fourth-order valence-corrected chi connectivity index (χ4v) is 3.13. The van der Waals surface area contributed by atoms with E-state index in [4.69, 9.17) is 14.2 Å². The molecular weight excluding hydrogens is 348 g/mol. The van der Waals surface area contributed by atoms with Crippen molar-refractivity contribution in [2.24, 2.45) is 0 Å². The lowest BCUT2D eigenvalue weighted by molar-refractivity contribution is 0.354. The van der Waals surface area contributed by atoms with Crippen LogP contribution >= 0.6 is 0 Å². The molecule has 0 saturated heterocycles. The Bertz CT molecular complexity index is 913. The molecule has 0 heterocycles. The summed E-state index contributed by atoms with van der Waals surface area (Å²) in [6.45, 7) is 0. The molecule has 3 nitrogen and oxygen atoms in total. The van der Waals surface area contributed by atoms with Crippen molar-refractivity contribution in [2.75, 3.05) is 21.3 Å². The van der Waals surface area contributed by atoms with Gasteiger partial charge in [0, 0.05) is 0 Å². The first kappa shape index (κ1) is 19.6. The Balaban J connectivity index is 1.87. The van der Waals surface area contributed by atoms with Crippen molar-refractivity contribution in [3.05, 3.63) is 89.0 Å². The third kappa shape index (κ3) is 4.95. The zero-order valence-electron chi connectivity index (χ0n) is 16.6. The van der Waals surface area contributed by atoms with Gasteiger partial charge in [-0.3, -0.25) is 0 Å². The number of ether oxygens (including phenoxy) is 3. The van der Waals surface area contributed by atoms with Crippen LogP contribution in [0.2, 0.25) is 0 Å². The molecule has 0 fully saturated rings. The van der Waals surface area contributed by atoms with Gasteiger partial charge >= 0.3 is 0 Å². The Labute approximate surface area is 167 Å². The van der Waals surface area contributed by atoms with E-state index >= 15 is 0 Å². The summed E-state index contributed by atoms with van der Waals surface area (Å²) >= 11 is 0. The average molecular weight is 374 g/mol. The first-order valence-electron chi connectivity index (χ1n) is 9.34. The van der Waals surface area contributed by atoms with E-state index in [-0.39, 0.29) is 0 Å². The number of benzene rings is 3. The second kappa shape index (κ2) is 9.65. The molecule has 28 heavy (non-hydrogen) atoms. The molecule has 3 aromatic rings. The molecule has 3 aromatic carbocycles. The topological polar surface area (TPSA) is 27.7 Å². The highest BCUT2D eigenvalue weighted by Crippen LogP contribution is 2.32. The third-order valence-corrected chi connectivity index (χ3v) is 4.74. The van der Waals surface area contributed by atoms with E-state index < -0.39 is 0 Å². The lowest BCUT2D eigenvalue weighted by Gasteiger charge is -2.13. The molecule has 0 radical (unpaired) electrons. The fourth-order valence-electron chi connectivity index (χ4n) is 3.13. The van der Waals surface area contributed by atoms with Gasteiger partial charge in [0.25, 0.3) is 0 Å². The molecule has 0 aliphatic carbocycles. The van der Waals surface area contributed by atoms with Crippen molar-refractivity contribution in [2.45, 2.75) is 12.8 Å². The molecule has 0 atom stereocenters. The van der Waals surface area contributed by atoms with Gasteiger partial charge < -0.3 is 14.2 Å². The Kier molecular flexibility index (Phi) is 6.74. The largest absolute Gasteiger partial charge is 0.497 e. The number of rotatable bonds is 8. The highest BCUT2D eigenvalue weighted by molar-refractivity contribution is 5.73. The summed E-state index contributed by atoms with van der Waals surface area (Å²) in [4.78, 5) is 0. The zero-order chi connectivity index (χ0) is 19.8. The highest BCUT2D eigenvalue weighted by atomic mass is 16.5. The SMILES string of the molecule is COc1ccc(CCc2cc(OC)c(OC)cc2C=Cc2ccccc2)cc1. The van der Waals surface area contributed by atoms with Crippen LogP contribution < -0.4 is 14.2 Å². The summed E-state index contributed by atoms with van der Waals surface area (Å²) in [5.74, 6) is 2.37. The van der Waals surface area contributed by atoms with Crippen molar-refractivity contribution in [3.8, 4) is 17.2 Å². The van der Waals surface area contributed by atoms with E-state index in [1.54, 1.807) is 21.3 Å². The molecule has 144 valence electrons. The number of aryl methyl sites for hydroxylation is 2. The van der Waals surface area contributed by atoms with E-state index in [0.717, 1.165) is 35.7 Å².